The maximum absolute atomic E-state index is 3.53. The molecule has 0 heterocycles. The molecule has 0 bridgehead atoms. The number of aryl methyl sites for hydroxylation is 4. The fourth-order valence-electron chi connectivity index (χ4n) is 2.61. The Balaban J connectivity index is 1.88. The van der Waals surface area contributed by atoms with Gasteiger partial charge in [0, 0.05) is 24.5 Å². The number of rotatable bonds is 5. The van der Waals surface area contributed by atoms with Gasteiger partial charge in [0.2, 0.25) is 0 Å². The minimum absolute atomic E-state index is 0.913. The number of nitrogens with one attached hydrogen (secondary N) is 2. The van der Waals surface area contributed by atoms with Crippen molar-refractivity contribution in [3.8, 4) is 0 Å². The molecule has 2 N–H and O–H groups in total. The van der Waals surface area contributed by atoms with Gasteiger partial charge in [-0.2, -0.15) is 0 Å². The topological polar surface area (TPSA) is 24.1 Å². The molecule has 106 valence electrons. The van der Waals surface area contributed by atoms with E-state index >= 15 is 0 Å². The lowest BCUT2D eigenvalue weighted by Gasteiger charge is -2.14. The Kier molecular flexibility index (Phi) is 4.67. The van der Waals surface area contributed by atoms with Gasteiger partial charge in [0.25, 0.3) is 0 Å². The Morgan fingerprint density at radius 2 is 1.40 bits per heavy atom. The highest BCUT2D eigenvalue weighted by Crippen LogP contribution is 2.21. The van der Waals surface area contributed by atoms with E-state index in [1.165, 1.54) is 33.6 Å². The van der Waals surface area contributed by atoms with Gasteiger partial charge in [-0.1, -0.05) is 29.8 Å². The van der Waals surface area contributed by atoms with Crippen molar-refractivity contribution in [2.45, 2.75) is 27.7 Å². The van der Waals surface area contributed by atoms with Crippen molar-refractivity contribution in [2.75, 3.05) is 23.7 Å². The summed E-state index contributed by atoms with van der Waals surface area (Å²) in [6.45, 7) is 10.4. The average Bonchev–Trinajstić information content (AvgIpc) is 2.36. The summed E-state index contributed by atoms with van der Waals surface area (Å²) >= 11 is 0. The summed E-state index contributed by atoms with van der Waals surface area (Å²) in [7, 11) is 0. The van der Waals surface area contributed by atoms with Gasteiger partial charge in [-0.15, -0.1) is 0 Å². The van der Waals surface area contributed by atoms with Crippen LogP contribution in [0.25, 0.3) is 0 Å². The summed E-state index contributed by atoms with van der Waals surface area (Å²) in [6.07, 6.45) is 0. The molecule has 0 amide bonds. The Labute approximate surface area is 122 Å². The standard InChI is InChI=1S/C18H24N2/c1-13-6-5-7-17(12-13)19-8-9-20-18-15(3)10-14(2)11-16(18)4/h5-7,10-12,19-20H,8-9H2,1-4H3. The van der Waals surface area contributed by atoms with E-state index in [1.54, 1.807) is 0 Å². The van der Waals surface area contributed by atoms with Crippen molar-refractivity contribution in [1.29, 1.82) is 0 Å². The molecule has 0 atom stereocenters. The quantitative estimate of drug-likeness (QED) is 0.783. The molecule has 2 aromatic rings. The summed E-state index contributed by atoms with van der Waals surface area (Å²) in [5, 5.41) is 6.97. The number of anilines is 2. The highest BCUT2D eigenvalue weighted by molar-refractivity contribution is 5.58. The second-order valence-corrected chi connectivity index (χ2v) is 5.50. The molecule has 2 rings (SSSR count). The molecule has 0 radical (unpaired) electrons. The molecule has 0 fully saturated rings. The molecule has 2 aromatic carbocycles. The fourth-order valence-corrected chi connectivity index (χ4v) is 2.61. The zero-order chi connectivity index (χ0) is 14.5. The predicted molar refractivity (Wildman–Crippen MR) is 88.8 cm³/mol. The van der Waals surface area contributed by atoms with Crippen molar-refractivity contribution in [2.24, 2.45) is 0 Å². The van der Waals surface area contributed by atoms with Crippen LogP contribution in [0.1, 0.15) is 22.3 Å². The molecule has 0 saturated carbocycles. The molecule has 2 heteroatoms. The third-order valence-electron chi connectivity index (χ3n) is 3.45. The maximum Gasteiger partial charge on any atom is 0.0400 e. The lowest BCUT2D eigenvalue weighted by molar-refractivity contribution is 1.07. The normalized spacial score (nSPS) is 10.4. The molecule has 0 aliphatic heterocycles. The van der Waals surface area contributed by atoms with E-state index in [4.69, 9.17) is 0 Å². The van der Waals surface area contributed by atoms with Gasteiger partial charge in [-0.25, -0.2) is 0 Å². The molecular formula is C18H24N2. The van der Waals surface area contributed by atoms with E-state index in [0.717, 1.165) is 13.1 Å². The van der Waals surface area contributed by atoms with Gasteiger partial charge in [-0.3, -0.25) is 0 Å². The summed E-state index contributed by atoms with van der Waals surface area (Å²) < 4.78 is 0. The van der Waals surface area contributed by atoms with Crippen molar-refractivity contribution >= 4 is 11.4 Å². The highest BCUT2D eigenvalue weighted by atomic mass is 14.9. The zero-order valence-corrected chi connectivity index (χ0v) is 12.9. The highest BCUT2D eigenvalue weighted by Gasteiger charge is 2.02. The van der Waals surface area contributed by atoms with Gasteiger partial charge in [0.1, 0.15) is 0 Å². The summed E-state index contributed by atoms with van der Waals surface area (Å²) in [5.41, 5.74) is 7.69. The molecule has 2 nitrogen and oxygen atoms in total. The monoisotopic (exact) mass is 268 g/mol. The van der Waals surface area contributed by atoms with Crippen LogP contribution in [0, 0.1) is 27.7 Å². The minimum Gasteiger partial charge on any atom is -0.383 e. The Bertz CT molecular complexity index is 565. The van der Waals surface area contributed by atoms with Gasteiger partial charge in [-0.05, 0) is 56.5 Å². The first kappa shape index (κ1) is 14.4. The first-order valence-electron chi connectivity index (χ1n) is 7.18. The van der Waals surface area contributed by atoms with Gasteiger partial charge in [0.15, 0.2) is 0 Å². The maximum atomic E-state index is 3.53. The van der Waals surface area contributed by atoms with Gasteiger partial charge < -0.3 is 10.6 Å². The predicted octanol–water partition coefficient (Wildman–Crippen LogP) is 4.44. The minimum atomic E-state index is 0.913. The van der Waals surface area contributed by atoms with Crippen LogP contribution in [-0.2, 0) is 0 Å². The molecule has 0 spiro atoms. The first-order valence-corrected chi connectivity index (χ1v) is 7.18. The molecule has 0 saturated heterocycles. The third-order valence-corrected chi connectivity index (χ3v) is 3.45. The zero-order valence-electron chi connectivity index (χ0n) is 12.9. The van der Waals surface area contributed by atoms with E-state index in [2.05, 4.69) is 74.7 Å². The van der Waals surface area contributed by atoms with E-state index in [0.29, 0.717) is 0 Å². The van der Waals surface area contributed by atoms with Crippen LogP contribution in [-0.4, -0.2) is 13.1 Å². The van der Waals surface area contributed by atoms with E-state index < -0.39 is 0 Å². The van der Waals surface area contributed by atoms with Crippen LogP contribution in [0.5, 0.6) is 0 Å². The lowest BCUT2D eigenvalue weighted by Crippen LogP contribution is -2.15. The van der Waals surface area contributed by atoms with Crippen LogP contribution in [0.3, 0.4) is 0 Å². The van der Waals surface area contributed by atoms with E-state index in [1.807, 2.05) is 0 Å². The SMILES string of the molecule is Cc1cccc(NCCNc2c(C)cc(C)cc2C)c1. The smallest absolute Gasteiger partial charge is 0.0400 e. The van der Waals surface area contributed by atoms with Crippen LogP contribution in [0.4, 0.5) is 11.4 Å². The van der Waals surface area contributed by atoms with E-state index in [-0.39, 0.29) is 0 Å². The Morgan fingerprint density at radius 3 is 2.05 bits per heavy atom. The van der Waals surface area contributed by atoms with Crippen molar-refractivity contribution in [3.63, 3.8) is 0 Å². The second kappa shape index (κ2) is 6.47. The number of benzene rings is 2. The van der Waals surface area contributed by atoms with Gasteiger partial charge in [0.05, 0.1) is 0 Å². The molecule has 0 unspecified atom stereocenters. The van der Waals surface area contributed by atoms with Crippen molar-refractivity contribution < 1.29 is 0 Å². The molecule has 0 aliphatic carbocycles. The van der Waals surface area contributed by atoms with Gasteiger partial charge >= 0.3 is 0 Å². The molecule has 0 aromatic heterocycles. The van der Waals surface area contributed by atoms with Crippen LogP contribution >= 0.6 is 0 Å². The fraction of sp³-hybridized carbons (Fsp3) is 0.333. The average molecular weight is 268 g/mol. The first-order chi connectivity index (χ1) is 9.56. The molecule has 20 heavy (non-hydrogen) atoms. The van der Waals surface area contributed by atoms with Crippen LogP contribution < -0.4 is 10.6 Å². The van der Waals surface area contributed by atoms with Crippen LogP contribution in [0.15, 0.2) is 36.4 Å². The lowest BCUT2D eigenvalue weighted by atomic mass is 10.1. The van der Waals surface area contributed by atoms with Crippen molar-refractivity contribution in [3.05, 3.63) is 58.7 Å². The number of hydrogen-bond acceptors (Lipinski definition) is 2. The molecular weight excluding hydrogens is 244 g/mol. The Morgan fingerprint density at radius 1 is 0.750 bits per heavy atom. The van der Waals surface area contributed by atoms with Crippen molar-refractivity contribution in [1.82, 2.24) is 0 Å². The second-order valence-electron chi connectivity index (χ2n) is 5.50. The van der Waals surface area contributed by atoms with E-state index in [9.17, 15) is 0 Å². The third kappa shape index (κ3) is 3.77. The summed E-state index contributed by atoms with van der Waals surface area (Å²) in [5.74, 6) is 0. The summed E-state index contributed by atoms with van der Waals surface area (Å²) in [6, 6.07) is 12.9. The van der Waals surface area contributed by atoms with Crippen LogP contribution in [0.2, 0.25) is 0 Å². The number of hydrogen-bond donors (Lipinski definition) is 2. The summed E-state index contributed by atoms with van der Waals surface area (Å²) in [4.78, 5) is 0. The Hall–Kier alpha value is -1.96. The largest absolute Gasteiger partial charge is 0.383 e. The molecule has 0 aliphatic rings.